The molecule has 1 aromatic rings. The van der Waals surface area contributed by atoms with Gasteiger partial charge in [0, 0.05) is 17.8 Å². The molecule has 1 heterocycles. The van der Waals surface area contributed by atoms with Gasteiger partial charge in [-0.05, 0) is 49.7 Å². The maximum Gasteiger partial charge on any atom is 0.153 e. The second-order valence-corrected chi connectivity index (χ2v) is 5.39. The van der Waals surface area contributed by atoms with Crippen LogP contribution in [0.2, 0.25) is 0 Å². The lowest BCUT2D eigenvalue weighted by molar-refractivity contribution is -0.128. The summed E-state index contributed by atoms with van der Waals surface area (Å²) in [7, 11) is 0. The molecule has 90 valence electrons. The van der Waals surface area contributed by atoms with Crippen LogP contribution < -0.4 is 5.73 Å². The van der Waals surface area contributed by atoms with Crippen molar-refractivity contribution < 1.29 is 4.79 Å². The van der Waals surface area contributed by atoms with Crippen LogP contribution in [0.4, 0.5) is 0 Å². The van der Waals surface area contributed by atoms with Gasteiger partial charge in [0.25, 0.3) is 0 Å². The van der Waals surface area contributed by atoms with Crippen LogP contribution in [-0.2, 0) is 11.2 Å². The summed E-state index contributed by atoms with van der Waals surface area (Å²) < 4.78 is 0. The number of carbonyl (C=O) groups is 1. The topological polar surface area (TPSA) is 56.0 Å². The fourth-order valence-electron chi connectivity index (χ4n) is 3.47. The summed E-state index contributed by atoms with van der Waals surface area (Å²) in [6, 6.07) is 5.67. The molecule has 2 bridgehead atoms. The molecule has 1 aromatic heterocycles. The highest BCUT2D eigenvalue weighted by Crippen LogP contribution is 2.44. The number of aromatic nitrogens is 1. The number of hydrogen-bond acceptors (Lipinski definition) is 3. The Labute approximate surface area is 101 Å². The molecule has 4 atom stereocenters. The van der Waals surface area contributed by atoms with Crippen LogP contribution in [-0.4, -0.2) is 16.8 Å². The van der Waals surface area contributed by atoms with Crippen LogP contribution in [0.1, 0.15) is 25.0 Å². The normalized spacial score (nSPS) is 36.2. The van der Waals surface area contributed by atoms with Crippen LogP contribution in [0.25, 0.3) is 0 Å². The molecule has 3 heteroatoms. The predicted octanol–water partition coefficient (Wildman–Crippen LogP) is 1.57. The van der Waals surface area contributed by atoms with Gasteiger partial charge in [-0.25, -0.2) is 0 Å². The van der Waals surface area contributed by atoms with Crippen molar-refractivity contribution in [3.05, 3.63) is 30.1 Å². The minimum absolute atomic E-state index is 0.110. The molecule has 3 rings (SSSR count). The van der Waals surface area contributed by atoms with Crippen molar-refractivity contribution in [1.82, 2.24) is 4.98 Å². The lowest BCUT2D eigenvalue weighted by Gasteiger charge is -2.31. The molecule has 0 radical (unpaired) electrons. The minimum atomic E-state index is -0.220. The molecular formula is C14H18N2O. The average Bonchev–Trinajstić information content (AvgIpc) is 2.80. The van der Waals surface area contributed by atoms with Crippen LogP contribution in [0.15, 0.2) is 24.4 Å². The van der Waals surface area contributed by atoms with Gasteiger partial charge in [0.15, 0.2) is 5.78 Å². The van der Waals surface area contributed by atoms with E-state index in [4.69, 9.17) is 5.73 Å². The number of rotatable bonds is 2. The molecule has 2 saturated carbocycles. The van der Waals surface area contributed by atoms with E-state index in [2.05, 4.69) is 4.98 Å². The Balaban J connectivity index is 1.80. The van der Waals surface area contributed by atoms with Gasteiger partial charge < -0.3 is 5.73 Å². The highest BCUT2D eigenvalue weighted by Gasteiger charge is 2.45. The van der Waals surface area contributed by atoms with Crippen LogP contribution in [0.5, 0.6) is 0 Å². The molecule has 17 heavy (non-hydrogen) atoms. The molecule has 3 nitrogen and oxygen atoms in total. The lowest BCUT2D eigenvalue weighted by atomic mass is 9.74. The molecule has 2 aliphatic rings. The number of nitrogens with two attached hydrogens (primary N) is 1. The van der Waals surface area contributed by atoms with Gasteiger partial charge in [0.05, 0.1) is 6.04 Å². The quantitative estimate of drug-likeness (QED) is 0.839. The Morgan fingerprint density at radius 1 is 1.29 bits per heavy atom. The Hall–Kier alpha value is -1.22. The number of fused-ring (bicyclic) bond motifs is 2. The molecule has 0 spiro atoms. The van der Waals surface area contributed by atoms with Crippen molar-refractivity contribution >= 4 is 5.78 Å². The van der Waals surface area contributed by atoms with E-state index in [0.717, 1.165) is 25.0 Å². The van der Waals surface area contributed by atoms with Crippen molar-refractivity contribution in [2.24, 2.45) is 23.5 Å². The summed E-state index contributed by atoms with van der Waals surface area (Å²) >= 11 is 0. The summed E-state index contributed by atoms with van der Waals surface area (Å²) in [4.78, 5) is 16.6. The van der Waals surface area contributed by atoms with E-state index in [1.54, 1.807) is 6.20 Å². The van der Waals surface area contributed by atoms with E-state index in [9.17, 15) is 4.79 Å². The van der Waals surface area contributed by atoms with Crippen molar-refractivity contribution in [2.75, 3.05) is 0 Å². The van der Waals surface area contributed by atoms with Gasteiger partial charge in [0.1, 0.15) is 0 Å². The minimum Gasteiger partial charge on any atom is -0.321 e. The summed E-state index contributed by atoms with van der Waals surface area (Å²) in [5.41, 5.74) is 7.05. The van der Waals surface area contributed by atoms with E-state index in [-0.39, 0.29) is 17.7 Å². The van der Waals surface area contributed by atoms with E-state index in [1.807, 2.05) is 18.2 Å². The lowest BCUT2D eigenvalue weighted by Crippen LogP contribution is -2.46. The molecule has 0 amide bonds. The Kier molecular flexibility index (Phi) is 2.71. The van der Waals surface area contributed by atoms with Crippen LogP contribution >= 0.6 is 0 Å². The summed E-state index contributed by atoms with van der Waals surface area (Å²) in [5.74, 6) is 1.38. The fraction of sp³-hybridized carbons (Fsp3) is 0.571. The van der Waals surface area contributed by atoms with Gasteiger partial charge in [-0.3, -0.25) is 9.78 Å². The number of ketones is 1. The largest absolute Gasteiger partial charge is 0.321 e. The SMILES string of the molecule is NC1C(=O)C(Cc2ccccn2)C2CCC1C2. The van der Waals surface area contributed by atoms with Gasteiger partial charge in [-0.1, -0.05) is 6.07 Å². The molecule has 0 saturated heterocycles. The third-order valence-electron chi connectivity index (χ3n) is 4.44. The highest BCUT2D eigenvalue weighted by molar-refractivity contribution is 5.88. The summed E-state index contributed by atoms with van der Waals surface area (Å²) in [6.07, 6.45) is 6.01. The first kappa shape index (κ1) is 10.9. The maximum atomic E-state index is 12.2. The number of nitrogens with zero attached hydrogens (tertiary/aromatic N) is 1. The van der Waals surface area contributed by atoms with E-state index in [0.29, 0.717) is 11.8 Å². The zero-order chi connectivity index (χ0) is 11.8. The maximum absolute atomic E-state index is 12.2. The predicted molar refractivity (Wildman–Crippen MR) is 65.2 cm³/mol. The van der Waals surface area contributed by atoms with Crippen molar-refractivity contribution in [1.29, 1.82) is 0 Å². The van der Waals surface area contributed by atoms with Gasteiger partial charge >= 0.3 is 0 Å². The average molecular weight is 230 g/mol. The number of carbonyl (C=O) groups excluding carboxylic acids is 1. The zero-order valence-corrected chi connectivity index (χ0v) is 9.88. The molecular weight excluding hydrogens is 212 g/mol. The first-order valence-electron chi connectivity index (χ1n) is 6.45. The van der Waals surface area contributed by atoms with Crippen molar-refractivity contribution in [3.63, 3.8) is 0 Å². The number of Topliss-reactive ketones (excluding diaryl/α,β-unsaturated/α-hetero) is 1. The highest BCUT2D eigenvalue weighted by atomic mass is 16.1. The second-order valence-electron chi connectivity index (χ2n) is 5.39. The third-order valence-corrected chi connectivity index (χ3v) is 4.44. The Morgan fingerprint density at radius 2 is 2.12 bits per heavy atom. The van der Waals surface area contributed by atoms with Gasteiger partial charge in [-0.15, -0.1) is 0 Å². The third kappa shape index (κ3) is 1.89. The van der Waals surface area contributed by atoms with Crippen molar-refractivity contribution in [2.45, 2.75) is 31.7 Å². The van der Waals surface area contributed by atoms with Gasteiger partial charge in [-0.2, -0.15) is 0 Å². The van der Waals surface area contributed by atoms with E-state index in [1.165, 1.54) is 6.42 Å². The fourth-order valence-corrected chi connectivity index (χ4v) is 3.47. The van der Waals surface area contributed by atoms with Crippen LogP contribution in [0, 0.1) is 17.8 Å². The number of hydrogen-bond donors (Lipinski definition) is 1. The molecule has 2 aliphatic carbocycles. The monoisotopic (exact) mass is 230 g/mol. The first-order valence-corrected chi connectivity index (χ1v) is 6.45. The molecule has 0 aromatic carbocycles. The van der Waals surface area contributed by atoms with E-state index >= 15 is 0 Å². The molecule has 0 aliphatic heterocycles. The molecule has 2 N–H and O–H groups in total. The summed E-state index contributed by atoms with van der Waals surface area (Å²) in [5, 5.41) is 0. The summed E-state index contributed by atoms with van der Waals surface area (Å²) in [6.45, 7) is 0. The van der Waals surface area contributed by atoms with Crippen molar-refractivity contribution in [3.8, 4) is 0 Å². The zero-order valence-electron chi connectivity index (χ0n) is 9.88. The van der Waals surface area contributed by atoms with Gasteiger partial charge in [0.2, 0.25) is 0 Å². The molecule has 4 unspecified atom stereocenters. The standard InChI is InChI=1S/C14H18N2O/c15-13-10-5-4-9(7-10)12(14(13)17)8-11-3-1-2-6-16-11/h1-3,6,9-10,12-13H,4-5,7-8,15H2. The Morgan fingerprint density at radius 3 is 2.88 bits per heavy atom. The smallest absolute Gasteiger partial charge is 0.153 e. The Bertz CT molecular complexity index is 417. The number of pyridine rings is 1. The first-order chi connectivity index (χ1) is 8.25. The van der Waals surface area contributed by atoms with E-state index < -0.39 is 0 Å². The second kappa shape index (κ2) is 4.22. The van der Waals surface area contributed by atoms with Crippen LogP contribution in [0.3, 0.4) is 0 Å². The molecule has 2 fully saturated rings.